The van der Waals surface area contributed by atoms with E-state index in [2.05, 4.69) is 19.2 Å². The van der Waals surface area contributed by atoms with Crippen molar-refractivity contribution >= 4 is 17.5 Å². The predicted molar refractivity (Wildman–Crippen MR) is 101 cm³/mol. The Morgan fingerprint density at radius 2 is 1.68 bits per heavy atom. The molecule has 0 bridgehead atoms. The van der Waals surface area contributed by atoms with Crippen molar-refractivity contribution in [1.29, 1.82) is 0 Å². The molecule has 0 spiro atoms. The highest BCUT2D eigenvalue weighted by molar-refractivity contribution is 6.30. The lowest BCUT2D eigenvalue weighted by Gasteiger charge is -2.25. The first kappa shape index (κ1) is 19.1. The maximum atomic E-state index is 12.3. The largest absolute Gasteiger partial charge is 0.493 e. The summed E-state index contributed by atoms with van der Waals surface area (Å²) >= 11 is 5.94. The number of ether oxygens (including phenoxy) is 2. The number of rotatable bonds is 7. The number of carbonyl (C=O) groups excluding carboxylic acids is 1. The van der Waals surface area contributed by atoms with E-state index in [1.54, 1.807) is 20.3 Å². The Balaban J connectivity index is 1.97. The molecule has 0 aliphatic heterocycles. The van der Waals surface area contributed by atoms with Crippen LogP contribution in [0.1, 0.15) is 25.0 Å². The molecule has 0 atom stereocenters. The molecule has 0 fully saturated rings. The van der Waals surface area contributed by atoms with Gasteiger partial charge in [0, 0.05) is 17.0 Å². The van der Waals surface area contributed by atoms with E-state index in [-0.39, 0.29) is 17.7 Å². The Morgan fingerprint density at radius 3 is 2.28 bits per heavy atom. The molecule has 5 heteroatoms. The first-order chi connectivity index (χ1) is 11.9. The molecule has 4 nitrogen and oxygen atoms in total. The lowest BCUT2D eigenvalue weighted by atomic mass is 9.84. The van der Waals surface area contributed by atoms with Gasteiger partial charge in [-0.05, 0) is 35.4 Å². The van der Waals surface area contributed by atoms with E-state index in [0.29, 0.717) is 23.1 Å². The average molecular weight is 362 g/mol. The first-order valence-electron chi connectivity index (χ1n) is 8.09. The summed E-state index contributed by atoms with van der Waals surface area (Å²) in [4.78, 5) is 12.3. The third kappa shape index (κ3) is 5.13. The highest BCUT2D eigenvalue weighted by atomic mass is 35.5. The molecule has 1 amide bonds. The van der Waals surface area contributed by atoms with Gasteiger partial charge in [0.2, 0.25) is 5.91 Å². The minimum absolute atomic E-state index is 0.0331. The number of benzene rings is 2. The van der Waals surface area contributed by atoms with E-state index in [1.165, 1.54) is 0 Å². The molecule has 134 valence electrons. The van der Waals surface area contributed by atoms with Gasteiger partial charge in [-0.3, -0.25) is 4.79 Å². The number of hydrogen-bond acceptors (Lipinski definition) is 3. The standard InChI is InChI=1S/C20H24ClNO3/c1-20(2,15-6-8-16(21)9-7-15)13-22-19(23)12-14-5-10-17(24-3)18(11-14)25-4/h5-11H,12-13H2,1-4H3,(H,22,23). The Labute approximate surface area is 154 Å². The summed E-state index contributed by atoms with van der Waals surface area (Å²) in [6.45, 7) is 4.72. The van der Waals surface area contributed by atoms with E-state index in [0.717, 1.165) is 11.1 Å². The summed E-state index contributed by atoms with van der Waals surface area (Å²) in [5.74, 6) is 1.24. The van der Waals surface area contributed by atoms with Crippen LogP contribution in [0.15, 0.2) is 42.5 Å². The van der Waals surface area contributed by atoms with E-state index in [9.17, 15) is 4.79 Å². The monoisotopic (exact) mass is 361 g/mol. The topological polar surface area (TPSA) is 47.6 Å². The third-order valence-corrected chi connectivity index (χ3v) is 4.42. The van der Waals surface area contributed by atoms with Gasteiger partial charge in [0.15, 0.2) is 11.5 Å². The van der Waals surface area contributed by atoms with Crippen LogP contribution < -0.4 is 14.8 Å². The van der Waals surface area contributed by atoms with Gasteiger partial charge in [-0.1, -0.05) is 43.6 Å². The highest BCUT2D eigenvalue weighted by Crippen LogP contribution is 2.28. The smallest absolute Gasteiger partial charge is 0.224 e. The van der Waals surface area contributed by atoms with Crippen LogP contribution in [-0.2, 0) is 16.6 Å². The van der Waals surface area contributed by atoms with E-state index in [1.807, 2.05) is 36.4 Å². The lowest BCUT2D eigenvalue weighted by molar-refractivity contribution is -0.120. The zero-order chi connectivity index (χ0) is 18.4. The second kappa shape index (κ2) is 8.26. The molecule has 0 aliphatic carbocycles. The molecule has 0 aromatic heterocycles. The Kier molecular flexibility index (Phi) is 6.32. The molecule has 0 aliphatic rings. The van der Waals surface area contributed by atoms with Crippen LogP contribution in [0.4, 0.5) is 0 Å². The maximum absolute atomic E-state index is 12.3. The van der Waals surface area contributed by atoms with Gasteiger partial charge in [-0.2, -0.15) is 0 Å². The number of methoxy groups -OCH3 is 2. The number of carbonyl (C=O) groups is 1. The summed E-state index contributed by atoms with van der Waals surface area (Å²) in [5.41, 5.74) is 1.82. The maximum Gasteiger partial charge on any atom is 0.224 e. The zero-order valence-electron chi connectivity index (χ0n) is 15.1. The van der Waals surface area contributed by atoms with Crippen LogP contribution >= 0.6 is 11.6 Å². The molecule has 0 saturated heterocycles. The third-order valence-electron chi connectivity index (χ3n) is 4.17. The van der Waals surface area contributed by atoms with Gasteiger partial charge in [0.05, 0.1) is 20.6 Å². The van der Waals surface area contributed by atoms with Crippen molar-refractivity contribution < 1.29 is 14.3 Å². The van der Waals surface area contributed by atoms with Gasteiger partial charge in [-0.25, -0.2) is 0 Å². The molecule has 2 rings (SSSR count). The average Bonchev–Trinajstić information content (AvgIpc) is 2.60. The number of nitrogens with one attached hydrogen (secondary N) is 1. The second-order valence-electron chi connectivity index (χ2n) is 6.53. The van der Waals surface area contributed by atoms with Crippen molar-refractivity contribution in [2.45, 2.75) is 25.7 Å². The summed E-state index contributed by atoms with van der Waals surface area (Å²) in [7, 11) is 3.17. The van der Waals surface area contributed by atoms with Crippen molar-refractivity contribution in [1.82, 2.24) is 5.32 Å². The molecule has 2 aromatic rings. The molecular weight excluding hydrogens is 338 g/mol. The summed E-state index contributed by atoms with van der Waals surface area (Å²) < 4.78 is 10.5. The Bertz CT molecular complexity index is 726. The second-order valence-corrected chi connectivity index (χ2v) is 6.97. The molecule has 0 heterocycles. The lowest BCUT2D eigenvalue weighted by Crippen LogP contribution is -2.37. The van der Waals surface area contributed by atoms with Crippen molar-refractivity contribution in [3.8, 4) is 11.5 Å². The van der Waals surface area contributed by atoms with Crippen molar-refractivity contribution in [3.63, 3.8) is 0 Å². The fourth-order valence-electron chi connectivity index (χ4n) is 2.56. The number of amides is 1. The van der Waals surface area contributed by atoms with Crippen LogP contribution in [0.2, 0.25) is 5.02 Å². The molecule has 0 unspecified atom stereocenters. The zero-order valence-corrected chi connectivity index (χ0v) is 15.8. The van der Waals surface area contributed by atoms with Crippen molar-refractivity contribution in [3.05, 3.63) is 58.6 Å². The highest BCUT2D eigenvalue weighted by Gasteiger charge is 2.21. The first-order valence-corrected chi connectivity index (χ1v) is 8.47. The van der Waals surface area contributed by atoms with Gasteiger partial charge >= 0.3 is 0 Å². The quantitative estimate of drug-likeness (QED) is 0.811. The van der Waals surface area contributed by atoms with Crippen LogP contribution in [-0.4, -0.2) is 26.7 Å². The van der Waals surface area contributed by atoms with Gasteiger partial charge < -0.3 is 14.8 Å². The fraction of sp³-hybridized carbons (Fsp3) is 0.350. The van der Waals surface area contributed by atoms with Crippen molar-refractivity contribution in [2.24, 2.45) is 0 Å². The molecule has 0 radical (unpaired) electrons. The Hall–Kier alpha value is -2.20. The predicted octanol–water partition coefficient (Wildman–Crippen LogP) is 3.99. The van der Waals surface area contributed by atoms with Crippen LogP contribution in [0, 0.1) is 0 Å². The van der Waals surface area contributed by atoms with E-state index < -0.39 is 0 Å². The molecular formula is C20H24ClNO3. The van der Waals surface area contributed by atoms with E-state index >= 15 is 0 Å². The minimum atomic E-state index is -0.183. The number of halogens is 1. The minimum Gasteiger partial charge on any atom is -0.493 e. The molecule has 2 aromatic carbocycles. The van der Waals surface area contributed by atoms with Crippen molar-refractivity contribution in [2.75, 3.05) is 20.8 Å². The van der Waals surface area contributed by atoms with Crippen LogP contribution in [0.3, 0.4) is 0 Å². The number of hydrogen-bond donors (Lipinski definition) is 1. The van der Waals surface area contributed by atoms with Gasteiger partial charge in [0.1, 0.15) is 0 Å². The molecule has 25 heavy (non-hydrogen) atoms. The van der Waals surface area contributed by atoms with Crippen LogP contribution in [0.25, 0.3) is 0 Å². The van der Waals surface area contributed by atoms with Gasteiger partial charge in [-0.15, -0.1) is 0 Å². The SMILES string of the molecule is COc1ccc(CC(=O)NCC(C)(C)c2ccc(Cl)cc2)cc1OC. The molecule has 0 saturated carbocycles. The molecule has 1 N–H and O–H groups in total. The fourth-order valence-corrected chi connectivity index (χ4v) is 2.69. The normalized spacial score (nSPS) is 11.1. The Morgan fingerprint density at radius 1 is 1.04 bits per heavy atom. The summed E-state index contributed by atoms with van der Waals surface area (Å²) in [6, 6.07) is 13.2. The summed E-state index contributed by atoms with van der Waals surface area (Å²) in [6.07, 6.45) is 0.289. The summed E-state index contributed by atoms with van der Waals surface area (Å²) in [5, 5.41) is 3.71. The van der Waals surface area contributed by atoms with Gasteiger partial charge in [0.25, 0.3) is 0 Å². The van der Waals surface area contributed by atoms with Crippen LogP contribution in [0.5, 0.6) is 11.5 Å². The van der Waals surface area contributed by atoms with E-state index in [4.69, 9.17) is 21.1 Å².